The Morgan fingerprint density at radius 1 is 1.31 bits per heavy atom. The Hall–Kier alpha value is -0.590. The molecule has 2 aliphatic rings. The Morgan fingerprint density at radius 2 is 2.06 bits per heavy atom. The van der Waals surface area contributed by atoms with Crippen LogP contribution >= 0.6 is 0 Å². The monoisotopic (exact) mass is 224 g/mol. The summed E-state index contributed by atoms with van der Waals surface area (Å²) in [6, 6.07) is 0. The van der Waals surface area contributed by atoms with Gasteiger partial charge in [-0.2, -0.15) is 0 Å². The summed E-state index contributed by atoms with van der Waals surface area (Å²) < 4.78 is 13.7. The van der Waals surface area contributed by atoms with E-state index in [1.165, 1.54) is 12.8 Å². The van der Waals surface area contributed by atoms with E-state index < -0.39 is 6.17 Å². The fraction of sp³-hybridized carbons (Fsp3) is 0.846. The quantitative estimate of drug-likeness (QED) is 0.711. The third kappa shape index (κ3) is 2.96. The molecule has 0 aromatic heterocycles. The van der Waals surface area contributed by atoms with Gasteiger partial charge in [-0.1, -0.05) is 0 Å². The van der Waals surface area contributed by atoms with Crippen molar-refractivity contribution in [3.05, 3.63) is 0 Å². The number of hydrogen-bond acceptors (Lipinski definition) is 2. The highest BCUT2D eigenvalue weighted by Gasteiger charge is 2.29. The molecular weight excluding hydrogens is 203 g/mol. The highest BCUT2D eigenvalue weighted by Crippen LogP contribution is 2.22. The molecule has 0 radical (unpaired) electrons. The van der Waals surface area contributed by atoms with Crippen molar-refractivity contribution < 1.29 is 4.39 Å². The molecule has 0 aromatic rings. The van der Waals surface area contributed by atoms with Gasteiger partial charge in [0.25, 0.3) is 0 Å². The van der Waals surface area contributed by atoms with E-state index in [2.05, 4.69) is 16.1 Å². The van der Waals surface area contributed by atoms with Gasteiger partial charge >= 0.3 is 0 Å². The first-order valence-electron chi connectivity index (χ1n) is 6.33. The van der Waals surface area contributed by atoms with Crippen LogP contribution in [0.15, 0.2) is 0 Å². The summed E-state index contributed by atoms with van der Waals surface area (Å²) in [6.07, 6.45) is 7.77. The largest absolute Gasteiger partial charge is 0.317 e. The lowest BCUT2D eigenvalue weighted by Gasteiger charge is -2.35. The summed E-state index contributed by atoms with van der Waals surface area (Å²) in [5, 5.41) is 3.36. The molecular formula is C13H21FN2. The number of nitrogens with one attached hydrogen (secondary N) is 1. The number of terminal acetylenes is 1. The van der Waals surface area contributed by atoms with Crippen LogP contribution in [0.4, 0.5) is 4.39 Å². The maximum absolute atomic E-state index is 13.7. The fourth-order valence-electron chi connectivity index (χ4n) is 2.75. The smallest absolute Gasteiger partial charge is 0.126 e. The van der Waals surface area contributed by atoms with Crippen molar-refractivity contribution in [2.45, 2.75) is 25.4 Å². The van der Waals surface area contributed by atoms with E-state index in [0.29, 0.717) is 6.54 Å². The molecule has 0 unspecified atom stereocenters. The van der Waals surface area contributed by atoms with E-state index in [1.807, 2.05) is 0 Å². The molecule has 2 fully saturated rings. The molecule has 0 aromatic carbocycles. The van der Waals surface area contributed by atoms with E-state index in [-0.39, 0.29) is 5.92 Å². The van der Waals surface area contributed by atoms with Crippen molar-refractivity contribution in [2.24, 2.45) is 11.8 Å². The molecule has 0 aliphatic carbocycles. The normalized spacial score (nSPS) is 33.5. The number of halogens is 1. The zero-order chi connectivity index (χ0) is 11.4. The van der Waals surface area contributed by atoms with Gasteiger partial charge in [0.1, 0.15) is 6.17 Å². The molecule has 0 saturated carbocycles. The molecule has 0 spiro atoms. The zero-order valence-electron chi connectivity index (χ0n) is 9.79. The Labute approximate surface area is 97.6 Å². The summed E-state index contributed by atoms with van der Waals surface area (Å²) in [5.41, 5.74) is 0. The van der Waals surface area contributed by atoms with Crippen molar-refractivity contribution in [1.29, 1.82) is 0 Å². The lowest BCUT2D eigenvalue weighted by Crippen LogP contribution is -2.44. The Kier molecular flexibility index (Phi) is 4.20. The van der Waals surface area contributed by atoms with Crippen LogP contribution in [0.1, 0.15) is 19.3 Å². The number of nitrogens with zero attached hydrogens (tertiary/aromatic N) is 1. The second-order valence-electron chi connectivity index (χ2n) is 5.03. The minimum Gasteiger partial charge on any atom is -0.317 e. The van der Waals surface area contributed by atoms with Crippen LogP contribution < -0.4 is 5.32 Å². The Balaban J connectivity index is 1.77. The fourth-order valence-corrected chi connectivity index (χ4v) is 2.75. The topological polar surface area (TPSA) is 15.3 Å². The molecule has 2 saturated heterocycles. The lowest BCUT2D eigenvalue weighted by atomic mass is 9.93. The predicted octanol–water partition coefficient (Wildman–Crippen LogP) is 1.28. The van der Waals surface area contributed by atoms with E-state index in [4.69, 9.17) is 6.42 Å². The highest BCUT2D eigenvalue weighted by atomic mass is 19.1. The second-order valence-corrected chi connectivity index (χ2v) is 5.03. The summed E-state index contributed by atoms with van der Waals surface area (Å²) >= 11 is 0. The highest BCUT2D eigenvalue weighted by molar-refractivity contribution is 5.00. The van der Waals surface area contributed by atoms with Crippen LogP contribution in [0.3, 0.4) is 0 Å². The number of alkyl halides is 1. The van der Waals surface area contributed by atoms with Crippen molar-refractivity contribution in [3.8, 4) is 12.3 Å². The minimum absolute atomic E-state index is 0.149. The SMILES string of the molecule is C#C[C@@H]1CCN(CC2CCNCC2)C[C@@H]1F. The maximum atomic E-state index is 13.7. The van der Waals surface area contributed by atoms with Gasteiger partial charge in [0.15, 0.2) is 0 Å². The number of rotatable bonds is 2. The summed E-state index contributed by atoms with van der Waals surface area (Å²) in [5.74, 6) is 3.16. The molecule has 2 nitrogen and oxygen atoms in total. The molecule has 3 heteroatoms. The van der Waals surface area contributed by atoms with Gasteiger partial charge in [-0.25, -0.2) is 4.39 Å². The lowest BCUT2D eigenvalue weighted by molar-refractivity contribution is 0.0909. The van der Waals surface area contributed by atoms with E-state index >= 15 is 0 Å². The summed E-state index contributed by atoms with van der Waals surface area (Å²) in [6.45, 7) is 4.80. The molecule has 2 heterocycles. The van der Waals surface area contributed by atoms with Gasteiger partial charge in [-0.15, -0.1) is 12.3 Å². The molecule has 0 bridgehead atoms. The van der Waals surface area contributed by atoms with Crippen molar-refractivity contribution >= 4 is 0 Å². The van der Waals surface area contributed by atoms with Crippen LogP contribution in [0.5, 0.6) is 0 Å². The molecule has 2 aliphatic heterocycles. The Bertz CT molecular complexity index is 255. The van der Waals surface area contributed by atoms with E-state index in [1.54, 1.807) is 0 Å². The van der Waals surface area contributed by atoms with Crippen molar-refractivity contribution in [3.63, 3.8) is 0 Å². The van der Waals surface area contributed by atoms with Crippen LogP contribution in [0.2, 0.25) is 0 Å². The summed E-state index contributed by atoms with van der Waals surface area (Å²) in [4.78, 5) is 2.26. The first-order chi connectivity index (χ1) is 7.79. The van der Waals surface area contributed by atoms with Crippen LogP contribution in [0, 0.1) is 24.2 Å². The molecule has 2 atom stereocenters. The van der Waals surface area contributed by atoms with Gasteiger partial charge in [0, 0.05) is 13.1 Å². The van der Waals surface area contributed by atoms with Crippen LogP contribution in [-0.2, 0) is 0 Å². The minimum atomic E-state index is -0.819. The third-order valence-corrected chi connectivity index (χ3v) is 3.81. The standard InChI is InChI=1S/C13H21FN2/c1-2-12-5-8-16(10-13(12)14)9-11-3-6-15-7-4-11/h1,11-13,15H,3-10H2/t12-,13+/m1/s1. The number of piperidine rings is 2. The first-order valence-corrected chi connectivity index (χ1v) is 6.33. The second kappa shape index (κ2) is 5.65. The maximum Gasteiger partial charge on any atom is 0.126 e. The molecule has 90 valence electrons. The van der Waals surface area contributed by atoms with Crippen LogP contribution in [-0.4, -0.2) is 43.8 Å². The van der Waals surface area contributed by atoms with Gasteiger partial charge in [0.05, 0.1) is 5.92 Å². The average molecular weight is 224 g/mol. The Morgan fingerprint density at radius 3 is 2.69 bits per heavy atom. The number of likely N-dealkylation sites (tertiary alicyclic amines) is 1. The summed E-state index contributed by atoms with van der Waals surface area (Å²) in [7, 11) is 0. The molecule has 2 rings (SSSR count). The van der Waals surface area contributed by atoms with Gasteiger partial charge in [-0.3, -0.25) is 0 Å². The van der Waals surface area contributed by atoms with Gasteiger partial charge in [0.2, 0.25) is 0 Å². The van der Waals surface area contributed by atoms with Crippen molar-refractivity contribution in [1.82, 2.24) is 10.2 Å². The van der Waals surface area contributed by atoms with Crippen LogP contribution in [0.25, 0.3) is 0 Å². The average Bonchev–Trinajstić information content (AvgIpc) is 2.31. The van der Waals surface area contributed by atoms with Gasteiger partial charge in [-0.05, 0) is 44.8 Å². The first kappa shape index (κ1) is 11.9. The molecule has 16 heavy (non-hydrogen) atoms. The van der Waals surface area contributed by atoms with Crippen molar-refractivity contribution in [2.75, 3.05) is 32.7 Å². The molecule has 0 amide bonds. The van der Waals surface area contributed by atoms with E-state index in [0.717, 1.165) is 38.5 Å². The zero-order valence-corrected chi connectivity index (χ0v) is 9.79. The van der Waals surface area contributed by atoms with E-state index in [9.17, 15) is 4.39 Å². The molecule has 1 N–H and O–H groups in total. The third-order valence-electron chi connectivity index (χ3n) is 3.81. The predicted molar refractivity (Wildman–Crippen MR) is 63.9 cm³/mol. The number of hydrogen-bond donors (Lipinski definition) is 1. The van der Waals surface area contributed by atoms with Gasteiger partial charge < -0.3 is 10.2 Å².